The largest absolute Gasteiger partial charge is 0.462 e. The molecule has 3 heterocycles. The number of thioether (sulfide) groups is 1. The van der Waals surface area contributed by atoms with Crippen LogP contribution in [0.1, 0.15) is 33.6 Å². The number of imide groups is 3. The Morgan fingerprint density at radius 3 is 2.33 bits per heavy atom. The first-order valence-corrected chi connectivity index (χ1v) is 13.6. The lowest BCUT2D eigenvalue weighted by Gasteiger charge is -2.30. The zero-order valence-corrected chi connectivity index (χ0v) is 22.1. The molecule has 3 N–H and O–H groups in total. The summed E-state index contributed by atoms with van der Waals surface area (Å²) in [6.45, 7) is 1.59. The second-order valence-electron chi connectivity index (χ2n) is 8.77. The normalized spacial score (nSPS) is 19.8. The summed E-state index contributed by atoms with van der Waals surface area (Å²) in [5.74, 6) is -4.04. The Kier molecular flexibility index (Phi) is 7.10. The highest BCUT2D eigenvalue weighted by Crippen LogP contribution is 2.53. The number of aromatic nitrogens is 1. The summed E-state index contributed by atoms with van der Waals surface area (Å²) in [6, 6.07) is 13.9. The molecule has 1 saturated heterocycles. The van der Waals surface area contributed by atoms with Crippen molar-refractivity contribution in [3.05, 3.63) is 80.3 Å². The second-order valence-corrected chi connectivity index (χ2v) is 10.9. The van der Waals surface area contributed by atoms with E-state index >= 15 is 0 Å². The van der Waals surface area contributed by atoms with E-state index in [2.05, 4.69) is 5.32 Å². The Balaban J connectivity index is 1.45. The molecule has 0 spiro atoms. The van der Waals surface area contributed by atoms with Gasteiger partial charge in [-0.25, -0.2) is 9.59 Å². The molecule has 2 aromatic carbocycles. The molecule has 3 aromatic rings. The second kappa shape index (κ2) is 10.5. The van der Waals surface area contributed by atoms with Crippen molar-refractivity contribution in [2.75, 3.05) is 11.9 Å². The Morgan fingerprint density at radius 1 is 1.00 bits per heavy atom. The molecule has 0 saturated carbocycles. The Labute approximate surface area is 229 Å². The zero-order chi connectivity index (χ0) is 27.8. The minimum atomic E-state index is -1.15. The van der Waals surface area contributed by atoms with Gasteiger partial charge in [0.25, 0.3) is 5.91 Å². The molecule has 11 nitrogen and oxygen atoms in total. The summed E-state index contributed by atoms with van der Waals surface area (Å²) >= 11 is 1.88. The van der Waals surface area contributed by atoms with Gasteiger partial charge >= 0.3 is 16.9 Å². The summed E-state index contributed by atoms with van der Waals surface area (Å²) in [7, 11) is 0. The molecule has 1 aromatic heterocycles. The highest BCUT2D eigenvalue weighted by molar-refractivity contribution is 8.00. The third-order valence-corrected chi connectivity index (χ3v) is 9.01. The van der Waals surface area contributed by atoms with Crippen LogP contribution >= 0.6 is 23.1 Å². The standard InChI is InChI=1S/C26H22N4O7S2/c1-2-37-24(34)14-8-10-15(11-9-14)28-16(31)12-29-23-20(39-26(29)36)17(13-6-4-3-5-7-13)18-19(38-23)22(33)30(21(18)32)25(27)35/h3-11,17-19H,2,12H2,1H3,(H2,27,35)(H,28,31)/t17-,18?,19?/m0/s1. The van der Waals surface area contributed by atoms with Gasteiger partial charge in [0, 0.05) is 16.5 Å². The van der Waals surface area contributed by atoms with Crippen molar-refractivity contribution >= 4 is 58.5 Å². The van der Waals surface area contributed by atoms with E-state index in [1.54, 1.807) is 49.4 Å². The van der Waals surface area contributed by atoms with Gasteiger partial charge in [-0.15, -0.1) is 0 Å². The molecule has 39 heavy (non-hydrogen) atoms. The Bertz CT molecular complexity index is 1550. The van der Waals surface area contributed by atoms with Gasteiger partial charge in [0.05, 0.1) is 23.1 Å². The van der Waals surface area contributed by atoms with Crippen LogP contribution in [0.3, 0.4) is 0 Å². The fourth-order valence-electron chi connectivity index (χ4n) is 4.74. The first-order chi connectivity index (χ1) is 18.7. The number of esters is 1. The van der Waals surface area contributed by atoms with E-state index in [-0.39, 0.29) is 13.2 Å². The highest BCUT2D eigenvalue weighted by atomic mass is 32.2. The van der Waals surface area contributed by atoms with Crippen molar-refractivity contribution < 1.29 is 28.7 Å². The number of anilines is 1. The Morgan fingerprint density at radius 2 is 1.69 bits per heavy atom. The average Bonchev–Trinajstić information content (AvgIpc) is 3.35. The van der Waals surface area contributed by atoms with Gasteiger partial charge in [0.1, 0.15) is 11.8 Å². The first-order valence-electron chi connectivity index (χ1n) is 11.9. The molecular formula is C26H22N4O7S2. The number of carbonyl (C=O) groups excluding carboxylic acids is 5. The van der Waals surface area contributed by atoms with Gasteiger partial charge in [-0.1, -0.05) is 53.4 Å². The molecule has 2 aliphatic heterocycles. The van der Waals surface area contributed by atoms with Crippen LogP contribution in [0.15, 0.2) is 64.4 Å². The number of carbonyl (C=O) groups is 5. The van der Waals surface area contributed by atoms with Crippen molar-refractivity contribution in [2.45, 2.75) is 29.7 Å². The molecule has 5 amide bonds. The summed E-state index contributed by atoms with van der Waals surface area (Å²) in [6.07, 6.45) is 0. The summed E-state index contributed by atoms with van der Waals surface area (Å²) in [5.41, 5.74) is 6.77. The highest BCUT2D eigenvalue weighted by Gasteiger charge is 2.57. The molecule has 200 valence electrons. The maximum Gasteiger partial charge on any atom is 0.338 e. The number of fused-ring (bicyclic) bond motifs is 2. The summed E-state index contributed by atoms with van der Waals surface area (Å²) in [5, 5.41) is 2.10. The number of likely N-dealkylation sites (tertiary alicyclic amines) is 1. The number of rotatable bonds is 6. The molecule has 5 rings (SSSR count). The van der Waals surface area contributed by atoms with Gasteiger partial charge in [-0.3, -0.25) is 23.7 Å². The lowest BCUT2D eigenvalue weighted by Crippen LogP contribution is -2.41. The number of nitrogens with zero attached hydrogens (tertiary/aromatic N) is 2. The minimum Gasteiger partial charge on any atom is -0.462 e. The molecule has 2 aliphatic rings. The van der Waals surface area contributed by atoms with Crippen molar-refractivity contribution in [3.8, 4) is 0 Å². The lowest BCUT2D eigenvalue weighted by molar-refractivity contribution is -0.135. The van der Waals surface area contributed by atoms with E-state index < -0.39 is 51.7 Å². The number of thiazole rings is 1. The monoisotopic (exact) mass is 566 g/mol. The topological polar surface area (TPSA) is 158 Å². The van der Waals surface area contributed by atoms with Gasteiger partial charge in [-0.05, 0) is 36.8 Å². The minimum absolute atomic E-state index is 0.238. The molecule has 2 unspecified atom stereocenters. The molecule has 3 atom stereocenters. The van der Waals surface area contributed by atoms with E-state index in [4.69, 9.17) is 10.5 Å². The smallest absolute Gasteiger partial charge is 0.338 e. The van der Waals surface area contributed by atoms with Crippen LogP contribution in [0, 0.1) is 5.92 Å². The average molecular weight is 567 g/mol. The lowest BCUT2D eigenvalue weighted by atomic mass is 9.83. The fourth-order valence-corrected chi connectivity index (χ4v) is 7.51. The van der Waals surface area contributed by atoms with Gasteiger partial charge in [0.2, 0.25) is 11.8 Å². The van der Waals surface area contributed by atoms with Crippen LogP contribution in [-0.4, -0.2) is 51.0 Å². The fraction of sp³-hybridized carbons (Fsp3) is 0.231. The van der Waals surface area contributed by atoms with Crippen LogP contribution in [-0.2, 0) is 25.7 Å². The van der Waals surface area contributed by atoms with Crippen LogP contribution < -0.4 is 15.9 Å². The molecule has 0 radical (unpaired) electrons. The summed E-state index contributed by atoms with van der Waals surface area (Å²) in [4.78, 5) is 76.6. The van der Waals surface area contributed by atoms with E-state index in [0.717, 1.165) is 23.1 Å². The predicted molar refractivity (Wildman–Crippen MR) is 142 cm³/mol. The predicted octanol–water partition coefficient (Wildman–Crippen LogP) is 2.40. The Hall–Kier alpha value is -4.23. The number of ether oxygens (including phenoxy) is 1. The third-order valence-electron chi connectivity index (χ3n) is 6.41. The maximum absolute atomic E-state index is 13.2. The summed E-state index contributed by atoms with van der Waals surface area (Å²) < 4.78 is 6.22. The third kappa shape index (κ3) is 4.74. The quantitative estimate of drug-likeness (QED) is 0.340. The molecule has 1 fully saturated rings. The van der Waals surface area contributed by atoms with Crippen LogP contribution in [0.2, 0.25) is 0 Å². The molecule has 0 bridgehead atoms. The van der Waals surface area contributed by atoms with Crippen LogP contribution in [0.5, 0.6) is 0 Å². The van der Waals surface area contributed by atoms with E-state index in [9.17, 15) is 28.8 Å². The van der Waals surface area contributed by atoms with Crippen molar-refractivity contribution in [1.29, 1.82) is 0 Å². The van der Waals surface area contributed by atoms with E-state index in [1.807, 2.05) is 0 Å². The van der Waals surface area contributed by atoms with E-state index in [0.29, 0.717) is 31.6 Å². The molecule has 13 heteroatoms. The van der Waals surface area contributed by atoms with Crippen molar-refractivity contribution in [2.24, 2.45) is 11.7 Å². The maximum atomic E-state index is 13.2. The van der Waals surface area contributed by atoms with Gasteiger partial charge in [-0.2, -0.15) is 4.90 Å². The SMILES string of the molecule is CCOC(=O)c1ccc(NC(=O)Cn2c3c(sc2=O)[C@@H](c2ccccc2)C2C(=O)N(C(N)=O)C(=O)C2S3)cc1. The number of nitrogens with two attached hydrogens (primary N) is 1. The van der Waals surface area contributed by atoms with Crippen LogP contribution in [0.4, 0.5) is 10.5 Å². The van der Waals surface area contributed by atoms with Crippen molar-refractivity contribution in [1.82, 2.24) is 9.47 Å². The molecular weight excluding hydrogens is 544 g/mol. The number of hydrogen-bond acceptors (Lipinski definition) is 9. The number of nitrogens with one attached hydrogen (secondary N) is 1. The number of amides is 5. The number of primary amides is 1. The van der Waals surface area contributed by atoms with Gasteiger partial charge < -0.3 is 15.8 Å². The zero-order valence-electron chi connectivity index (χ0n) is 20.5. The first kappa shape index (κ1) is 26.4. The number of hydrogen-bond donors (Lipinski definition) is 2. The van der Waals surface area contributed by atoms with E-state index in [1.165, 1.54) is 16.7 Å². The van der Waals surface area contributed by atoms with Crippen LogP contribution in [0.25, 0.3) is 0 Å². The van der Waals surface area contributed by atoms with Crippen molar-refractivity contribution in [3.63, 3.8) is 0 Å². The number of benzene rings is 2. The van der Waals surface area contributed by atoms with Gasteiger partial charge in [0.15, 0.2) is 0 Å². The number of urea groups is 1. The molecule has 0 aliphatic carbocycles.